The van der Waals surface area contributed by atoms with E-state index in [1.165, 1.54) is 13.1 Å². The Balaban J connectivity index is 2.10. The largest absolute Gasteiger partial charge is 0.454 e. The summed E-state index contributed by atoms with van der Waals surface area (Å²) in [6, 6.07) is 3.50. The Bertz CT molecular complexity index is 502. The number of nitrogens with one attached hydrogen (secondary N) is 1. The van der Waals surface area contributed by atoms with Crippen molar-refractivity contribution in [3.05, 3.63) is 22.2 Å². The highest BCUT2D eigenvalue weighted by molar-refractivity contribution is 9.10. The van der Waals surface area contributed by atoms with Gasteiger partial charge in [0, 0.05) is 10.0 Å². The second kappa shape index (κ2) is 5.36. The van der Waals surface area contributed by atoms with Gasteiger partial charge < -0.3 is 14.6 Å². The van der Waals surface area contributed by atoms with Crippen LogP contribution in [0.5, 0.6) is 11.5 Å². The van der Waals surface area contributed by atoms with E-state index in [0.29, 0.717) is 11.5 Å². The summed E-state index contributed by atoms with van der Waals surface area (Å²) in [4.78, 5) is 11.1. The van der Waals surface area contributed by atoms with Gasteiger partial charge in [-0.2, -0.15) is 5.10 Å². The fraction of sp³-hybridized carbons (Fsp3) is 0.273. The minimum absolute atomic E-state index is 0.196. The highest BCUT2D eigenvalue weighted by Crippen LogP contribution is 2.36. The maximum Gasteiger partial charge on any atom is 0.268 e. The summed E-state index contributed by atoms with van der Waals surface area (Å²) in [6.07, 6.45) is 0.356. The fourth-order valence-electron chi connectivity index (χ4n) is 1.29. The van der Waals surface area contributed by atoms with Crippen molar-refractivity contribution in [1.82, 2.24) is 5.43 Å². The number of nitrogens with zero attached hydrogens (tertiary/aromatic N) is 1. The molecule has 6 nitrogen and oxygen atoms in total. The third kappa shape index (κ3) is 2.80. The SMILES string of the molecule is C[C@@H](O)C(=O)NN=Cc1cc2c(cc1Br)OCO2. The maximum absolute atomic E-state index is 11.1. The number of aliphatic hydroxyl groups is 1. The number of carbonyl (C=O) groups is 1. The lowest BCUT2D eigenvalue weighted by Crippen LogP contribution is -2.28. The summed E-state index contributed by atoms with van der Waals surface area (Å²) in [5.74, 6) is 0.719. The molecule has 0 spiro atoms. The van der Waals surface area contributed by atoms with Crippen LogP contribution in [0.15, 0.2) is 21.7 Å². The molecular weight excluding hydrogens is 304 g/mol. The number of hydrazone groups is 1. The van der Waals surface area contributed by atoms with E-state index in [-0.39, 0.29) is 6.79 Å². The summed E-state index contributed by atoms with van der Waals surface area (Å²) in [6.45, 7) is 1.56. The number of hydrogen-bond acceptors (Lipinski definition) is 5. The summed E-state index contributed by atoms with van der Waals surface area (Å²) >= 11 is 3.36. The average molecular weight is 315 g/mol. The van der Waals surface area contributed by atoms with Crippen molar-refractivity contribution in [2.24, 2.45) is 5.10 Å². The molecule has 0 fully saturated rings. The molecule has 18 heavy (non-hydrogen) atoms. The standard InChI is InChI=1S/C11H11BrN2O4/c1-6(15)11(16)14-13-4-7-2-9-10(3-8(7)12)18-5-17-9/h2-4,6,15H,5H2,1H3,(H,14,16)/t6-/m1/s1. The van der Waals surface area contributed by atoms with Crippen molar-refractivity contribution >= 4 is 28.1 Å². The Morgan fingerprint density at radius 3 is 2.89 bits per heavy atom. The van der Waals surface area contributed by atoms with E-state index >= 15 is 0 Å². The molecule has 1 aromatic carbocycles. The second-order valence-corrected chi connectivity index (χ2v) is 4.49. The molecule has 0 aliphatic carbocycles. The van der Waals surface area contributed by atoms with Gasteiger partial charge in [0.25, 0.3) is 5.91 Å². The minimum atomic E-state index is -1.10. The molecular formula is C11H11BrN2O4. The molecule has 0 saturated heterocycles. The van der Waals surface area contributed by atoms with E-state index in [1.807, 2.05) is 0 Å². The molecule has 1 amide bonds. The van der Waals surface area contributed by atoms with Crippen LogP contribution in [0.3, 0.4) is 0 Å². The van der Waals surface area contributed by atoms with E-state index in [0.717, 1.165) is 10.0 Å². The fourth-order valence-corrected chi connectivity index (χ4v) is 1.72. The van der Waals surface area contributed by atoms with Crippen LogP contribution in [0.4, 0.5) is 0 Å². The van der Waals surface area contributed by atoms with E-state index in [1.54, 1.807) is 12.1 Å². The molecule has 1 heterocycles. The molecule has 2 rings (SSSR count). The quantitative estimate of drug-likeness (QED) is 0.644. The first-order valence-corrected chi connectivity index (χ1v) is 5.97. The highest BCUT2D eigenvalue weighted by atomic mass is 79.9. The molecule has 1 aliphatic heterocycles. The number of fused-ring (bicyclic) bond motifs is 1. The third-order valence-electron chi connectivity index (χ3n) is 2.25. The predicted molar refractivity (Wildman–Crippen MR) is 67.7 cm³/mol. The lowest BCUT2D eigenvalue weighted by molar-refractivity contribution is -0.128. The van der Waals surface area contributed by atoms with Crippen molar-refractivity contribution < 1.29 is 19.4 Å². The Hall–Kier alpha value is -1.60. The number of amides is 1. The van der Waals surface area contributed by atoms with Crippen molar-refractivity contribution in [3.63, 3.8) is 0 Å². The summed E-state index contributed by atoms with van der Waals surface area (Å²) in [5, 5.41) is 12.7. The van der Waals surface area contributed by atoms with Gasteiger partial charge in [0.15, 0.2) is 11.5 Å². The molecule has 1 aliphatic rings. The lowest BCUT2D eigenvalue weighted by Gasteiger charge is -2.03. The number of rotatable bonds is 3. The molecule has 1 aromatic rings. The zero-order valence-electron chi connectivity index (χ0n) is 9.51. The number of benzene rings is 1. The molecule has 0 unspecified atom stereocenters. The van der Waals surface area contributed by atoms with Crippen molar-refractivity contribution in [2.75, 3.05) is 6.79 Å². The van der Waals surface area contributed by atoms with Crippen LogP contribution in [0.25, 0.3) is 0 Å². The van der Waals surface area contributed by atoms with Crippen LogP contribution >= 0.6 is 15.9 Å². The van der Waals surface area contributed by atoms with Gasteiger partial charge in [0.2, 0.25) is 6.79 Å². The van der Waals surface area contributed by atoms with E-state index < -0.39 is 12.0 Å². The molecule has 96 valence electrons. The number of aliphatic hydroxyl groups excluding tert-OH is 1. The Kier molecular flexibility index (Phi) is 3.83. The Labute approximate surface area is 112 Å². The number of carbonyl (C=O) groups excluding carboxylic acids is 1. The number of hydrogen-bond donors (Lipinski definition) is 2. The van der Waals surface area contributed by atoms with Crippen LogP contribution in [0, 0.1) is 0 Å². The van der Waals surface area contributed by atoms with Gasteiger partial charge in [-0.1, -0.05) is 0 Å². The topological polar surface area (TPSA) is 80.2 Å². The normalized spacial score (nSPS) is 14.8. The zero-order chi connectivity index (χ0) is 13.1. The summed E-state index contributed by atoms with van der Waals surface area (Å²) in [5.41, 5.74) is 2.94. The molecule has 0 radical (unpaired) electrons. The van der Waals surface area contributed by atoms with Gasteiger partial charge in [0.1, 0.15) is 6.10 Å². The summed E-state index contributed by atoms with van der Waals surface area (Å²) in [7, 11) is 0. The van der Waals surface area contributed by atoms with Gasteiger partial charge in [0.05, 0.1) is 6.21 Å². The van der Waals surface area contributed by atoms with E-state index in [2.05, 4.69) is 26.5 Å². The van der Waals surface area contributed by atoms with Crippen LogP contribution < -0.4 is 14.9 Å². The van der Waals surface area contributed by atoms with Gasteiger partial charge >= 0.3 is 0 Å². The number of halogens is 1. The van der Waals surface area contributed by atoms with E-state index in [4.69, 9.17) is 14.6 Å². The van der Waals surface area contributed by atoms with Crippen LogP contribution in [-0.2, 0) is 4.79 Å². The average Bonchev–Trinajstić information content (AvgIpc) is 2.75. The first kappa shape index (κ1) is 12.8. The zero-order valence-corrected chi connectivity index (χ0v) is 11.1. The second-order valence-electron chi connectivity index (χ2n) is 3.64. The highest BCUT2D eigenvalue weighted by Gasteiger charge is 2.15. The van der Waals surface area contributed by atoms with Gasteiger partial charge in [-0.05, 0) is 35.0 Å². The Morgan fingerprint density at radius 1 is 1.56 bits per heavy atom. The van der Waals surface area contributed by atoms with Gasteiger partial charge in [-0.25, -0.2) is 5.43 Å². The molecule has 2 N–H and O–H groups in total. The van der Waals surface area contributed by atoms with Gasteiger partial charge in [-0.3, -0.25) is 4.79 Å². The molecule has 0 aromatic heterocycles. The van der Waals surface area contributed by atoms with E-state index in [9.17, 15) is 4.79 Å². The smallest absolute Gasteiger partial charge is 0.268 e. The number of ether oxygens (including phenoxy) is 2. The first-order valence-electron chi connectivity index (χ1n) is 5.18. The lowest BCUT2D eigenvalue weighted by atomic mass is 10.2. The molecule has 7 heteroatoms. The van der Waals surface area contributed by atoms with Crippen molar-refractivity contribution in [2.45, 2.75) is 13.0 Å². The first-order chi connectivity index (χ1) is 8.58. The molecule has 0 bridgehead atoms. The van der Waals surface area contributed by atoms with Crippen molar-refractivity contribution in [1.29, 1.82) is 0 Å². The Morgan fingerprint density at radius 2 is 2.22 bits per heavy atom. The van der Waals surface area contributed by atoms with Crippen molar-refractivity contribution in [3.8, 4) is 11.5 Å². The molecule has 0 saturated carbocycles. The minimum Gasteiger partial charge on any atom is -0.454 e. The predicted octanol–water partition coefficient (Wildman–Crippen LogP) is 1.01. The van der Waals surface area contributed by atoms with Gasteiger partial charge in [-0.15, -0.1) is 0 Å². The summed E-state index contributed by atoms with van der Waals surface area (Å²) < 4.78 is 11.2. The van der Waals surface area contributed by atoms with Crippen LogP contribution in [0.2, 0.25) is 0 Å². The van der Waals surface area contributed by atoms with Crippen LogP contribution in [0.1, 0.15) is 12.5 Å². The van der Waals surface area contributed by atoms with Crippen LogP contribution in [-0.4, -0.2) is 30.1 Å². The monoisotopic (exact) mass is 314 g/mol. The molecule has 1 atom stereocenters. The third-order valence-corrected chi connectivity index (χ3v) is 2.94. The maximum atomic E-state index is 11.1.